The molecule has 0 N–H and O–H groups in total. The zero-order chi connectivity index (χ0) is 14.4. The van der Waals surface area contributed by atoms with Crippen LogP contribution in [0.25, 0.3) is 6.08 Å². The molecule has 0 aliphatic carbocycles. The molecule has 0 radical (unpaired) electrons. The highest BCUT2D eigenvalue weighted by molar-refractivity contribution is 5.46. The standard InChI is InChI=1S/C16H17NO3/c1-4-13-9-15(19-3)10-16(17-13)20-11-12-5-7-14(18-2)8-6-12/h4-10H,1,11H2,2-3H3. The van der Waals surface area contributed by atoms with E-state index in [0.29, 0.717) is 23.9 Å². The van der Waals surface area contributed by atoms with E-state index in [0.717, 1.165) is 11.3 Å². The fourth-order valence-corrected chi connectivity index (χ4v) is 1.68. The highest BCUT2D eigenvalue weighted by Crippen LogP contribution is 2.21. The zero-order valence-electron chi connectivity index (χ0n) is 11.6. The van der Waals surface area contributed by atoms with Crippen LogP contribution in [-0.2, 0) is 6.61 Å². The Morgan fingerprint density at radius 2 is 1.75 bits per heavy atom. The summed E-state index contributed by atoms with van der Waals surface area (Å²) in [6, 6.07) is 11.2. The lowest BCUT2D eigenvalue weighted by atomic mass is 10.2. The maximum atomic E-state index is 5.67. The molecular formula is C16H17NO3. The SMILES string of the molecule is C=Cc1cc(OC)cc(OCc2ccc(OC)cc2)n1. The van der Waals surface area contributed by atoms with Gasteiger partial charge in [0, 0.05) is 12.1 Å². The minimum atomic E-state index is 0.431. The van der Waals surface area contributed by atoms with E-state index in [4.69, 9.17) is 14.2 Å². The van der Waals surface area contributed by atoms with Gasteiger partial charge < -0.3 is 14.2 Å². The Labute approximate surface area is 118 Å². The summed E-state index contributed by atoms with van der Waals surface area (Å²) in [6.45, 7) is 4.13. The van der Waals surface area contributed by atoms with Crippen LogP contribution in [0.3, 0.4) is 0 Å². The largest absolute Gasteiger partial charge is 0.497 e. The number of ether oxygens (including phenoxy) is 3. The molecule has 2 rings (SSSR count). The van der Waals surface area contributed by atoms with Crippen molar-refractivity contribution >= 4 is 6.08 Å². The normalized spacial score (nSPS) is 9.90. The highest BCUT2D eigenvalue weighted by Gasteiger charge is 2.03. The molecule has 0 saturated carbocycles. The van der Waals surface area contributed by atoms with E-state index < -0.39 is 0 Å². The van der Waals surface area contributed by atoms with Crippen LogP contribution < -0.4 is 14.2 Å². The first-order chi connectivity index (χ1) is 9.75. The number of methoxy groups -OCH3 is 2. The van der Waals surface area contributed by atoms with Crippen LogP contribution in [0, 0.1) is 0 Å². The fourth-order valence-electron chi connectivity index (χ4n) is 1.68. The molecule has 0 bridgehead atoms. The molecule has 0 spiro atoms. The summed E-state index contributed by atoms with van der Waals surface area (Å²) in [5.74, 6) is 2.02. The van der Waals surface area contributed by atoms with Crippen LogP contribution in [0.4, 0.5) is 0 Å². The van der Waals surface area contributed by atoms with E-state index in [2.05, 4.69) is 11.6 Å². The molecule has 0 aliphatic rings. The van der Waals surface area contributed by atoms with Crippen molar-refractivity contribution in [3.8, 4) is 17.4 Å². The lowest BCUT2D eigenvalue weighted by Gasteiger charge is -2.09. The first kappa shape index (κ1) is 13.9. The van der Waals surface area contributed by atoms with Gasteiger partial charge in [-0.1, -0.05) is 18.7 Å². The average molecular weight is 271 g/mol. The summed E-state index contributed by atoms with van der Waals surface area (Å²) in [5.41, 5.74) is 1.75. The maximum Gasteiger partial charge on any atom is 0.217 e. The molecule has 104 valence electrons. The number of benzene rings is 1. The number of pyridine rings is 1. The van der Waals surface area contributed by atoms with Crippen LogP contribution in [0.2, 0.25) is 0 Å². The van der Waals surface area contributed by atoms with E-state index in [9.17, 15) is 0 Å². The van der Waals surface area contributed by atoms with Crippen LogP contribution in [0.5, 0.6) is 17.4 Å². The number of rotatable bonds is 6. The van der Waals surface area contributed by atoms with Gasteiger partial charge in [0.05, 0.1) is 19.9 Å². The minimum Gasteiger partial charge on any atom is -0.497 e. The van der Waals surface area contributed by atoms with E-state index in [-0.39, 0.29) is 0 Å². The second-order valence-electron chi connectivity index (χ2n) is 4.11. The predicted molar refractivity (Wildman–Crippen MR) is 78.2 cm³/mol. The fraction of sp³-hybridized carbons (Fsp3) is 0.188. The van der Waals surface area contributed by atoms with Crippen molar-refractivity contribution in [1.29, 1.82) is 0 Å². The van der Waals surface area contributed by atoms with Gasteiger partial charge in [-0.05, 0) is 23.8 Å². The van der Waals surface area contributed by atoms with Crippen molar-refractivity contribution in [3.05, 3.63) is 54.2 Å². The second-order valence-corrected chi connectivity index (χ2v) is 4.11. The number of aromatic nitrogens is 1. The van der Waals surface area contributed by atoms with Crippen LogP contribution in [-0.4, -0.2) is 19.2 Å². The van der Waals surface area contributed by atoms with Gasteiger partial charge in [-0.15, -0.1) is 0 Å². The highest BCUT2D eigenvalue weighted by atomic mass is 16.5. The topological polar surface area (TPSA) is 40.6 Å². The Balaban J connectivity index is 2.07. The van der Waals surface area contributed by atoms with E-state index in [1.807, 2.05) is 24.3 Å². The summed E-state index contributed by atoms with van der Waals surface area (Å²) in [4.78, 5) is 4.30. The van der Waals surface area contributed by atoms with Gasteiger partial charge in [-0.2, -0.15) is 0 Å². The predicted octanol–water partition coefficient (Wildman–Crippen LogP) is 3.32. The summed E-state index contributed by atoms with van der Waals surface area (Å²) in [5, 5.41) is 0. The monoisotopic (exact) mass is 271 g/mol. The third-order valence-electron chi connectivity index (χ3n) is 2.79. The van der Waals surface area contributed by atoms with E-state index in [1.54, 1.807) is 32.4 Å². The van der Waals surface area contributed by atoms with Crippen molar-refractivity contribution in [1.82, 2.24) is 4.98 Å². The average Bonchev–Trinajstić information content (AvgIpc) is 2.53. The molecule has 4 heteroatoms. The number of hydrogen-bond donors (Lipinski definition) is 0. The summed E-state index contributed by atoms with van der Waals surface area (Å²) in [7, 11) is 3.25. The molecule has 2 aromatic rings. The van der Waals surface area contributed by atoms with Gasteiger partial charge in [-0.25, -0.2) is 4.98 Å². The van der Waals surface area contributed by atoms with Gasteiger partial charge in [0.1, 0.15) is 18.1 Å². The lowest BCUT2D eigenvalue weighted by molar-refractivity contribution is 0.291. The molecule has 0 amide bonds. The van der Waals surface area contributed by atoms with Gasteiger partial charge >= 0.3 is 0 Å². The van der Waals surface area contributed by atoms with E-state index >= 15 is 0 Å². The van der Waals surface area contributed by atoms with Gasteiger partial charge in [0.15, 0.2) is 0 Å². The number of nitrogens with zero attached hydrogens (tertiary/aromatic N) is 1. The van der Waals surface area contributed by atoms with Crippen LogP contribution >= 0.6 is 0 Å². The molecule has 0 saturated heterocycles. The molecule has 1 heterocycles. The zero-order valence-corrected chi connectivity index (χ0v) is 11.6. The van der Waals surface area contributed by atoms with Crippen molar-refractivity contribution in [2.75, 3.05) is 14.2 Å². The van der Waals surface area contributed by atoms with Crippen molar-refractivity contribution in [2.24, 2.45) is 0 Å². The molecule has 0 atom stereocenters. The molecule has 0 unspecified atom stereocenters. The summed E-state index contributed by atoms with van der Waals surface area (Å²) in [6.07, 6.45) is 1.66. The van der Waals surface area contributed by atoms with Crippen molar-refractivity contribution in [2.45, 2.75) is 6.61 Å². The quantitative estimate of drug-likeness (QED) is 0.808. The maximum absolute atomic E-state index is 5.67. The minimum absolute atomic E-state index is 0.431. The van der Waals surface area contributed by atoms with Crippen molar-refractivity contribution in [3.63, 3.8) is 0 Å². The Morgan fingerprint density at radius 1 is 1.05 bits per heavy atom. The molecule has 1 aromatic heterocycles. The van der Waals surface area contributed by atoms with Crippen LogP contribution in [0.1, 0.15) is 11.3 Å². The van der Waals surface area contributed by atoms with E-state index in [1.165, 1.54) is 0 Å². The van der Waals surface area contributed by atoms with Crippen molar-refractivity contribution < 1.29 is 14.2 Å². The van der Waals surface area contributed by atoms with Gasteiger partial charge in [-0.3, -0.25) is 0 Å². The molecule has 1 aromatic carbocycles. The Bertz CT molecular complexity index is 579. The summed E-state index contributed by atoms with van der Waals surface area (Å²) >= 11 is 0. The Morgan fingerprint density at radius 3 is 2.35 bits per heavy atom. The second kappa shape index (κ2) is 6.61. The Kier molecular flexibility index (Phi) is 4.60. The van der Waals surface area contributed by atoms with Gasteiger partial charge in [0.25, 0.3) is 0 Å². The van der Waals surface area contributed by atoms with Crippen LogP contribution in [0.15, 0.2) is 43.0 Å². The first-order valence-electron chi connectivity index (χ1n) is 6.19. The molecular weight excluding hydrogens is 254 g/mol. The van der Waals surface area contributed by atoms with Gasteiger partial charge in [0.2, 0.25) is 5.88 Å². The molecule has 0 fully saturated rings. The molecule has 20 heavy (non-hydrogen) atoms. The summed E-state index contributed by atoms with van der Waals surface area (Å²) < 4.78 is 16.0. The first-order valence-corrected chi connectivity index (χ1v) is 6.19. The Hall–Kier alpha value is -2.49. The third kappa shape index (κ3) is 3.51. The lowest BCUT2D eigenvalue weighted by Crippen LogP contribution is -1.99. The smallest absolute Gasteiger partial charge is 0.217 e. The third-order valence-corrected chi connectivity index (χ3v) is 2.79. The molecule has 4 nitrogen and oxygen atoms in total. The molecule has 0 aliphatic heterocycles. The number of hydrogen-bond acceptors (Lipinski definition) is 4.